The van der Waals surface area contributed by atoms with Gasteiger partial charge in [-0.25, -0.2) is 0 Å². The lowest BCUT2D eigenvalue weighted by Gasteiger charge is -2.07. The van der Waals surface area contributed by atoms with Crippen LogP contribution >= 0.6 is 15.9 Å². The molecule has 0 aliphatic rings. The first-order valence-corrected chi connectivity index (χ1v) is 7.82. The molecule has 0 aliphatic carbocycles. The summed E-state index contributed by atoms with van der Waals surface area (Å²) >= 11 is 3.39. The van der Waals surface area contributed by atoms with Crippen LogP contribution in [0.2, 0.25) is 0 Å². The average Bonchev–Trinajstić information content (AvgIpc) is 2.43. The molecule has 0 aliphatic heterocycles. The minimum absolute atomic E-state index is 0.0649. The maximum Gasteiger partial charge on any atom is 0.306 e. The summed E-state index contributed by atoms with van der Waals surface area (Å²) in [7, 11) is 0. The molecule has 0 spiro atoms. The van der Waals surface area contributed by atoms with Crippen LogP contribution in [-0.4, -0.2) is 25.2 Å². The molecule has 0 unspecified atom stereocenters. The summed E-state index contributed by atoms with van der Waals surface area (Å²) in [6.07, 6.45) is 0.792. The Morgan fingerprint density at radius 2 is 1.81 bits per heavy atom. The lowest BCUT2D eigenvalue weighted by atomic mass is 10.2. The number of rotatable bonds is 8. The SMILES string of the molecule is CC(C)COC(=O)CCC(=O)OCCc1cccc(Br)c1. The van der Waals surface area contributed by atoms with Gasteiger partial charge in [-0.1, -0.05) is 41.9 Å². The molecule has 21 heavy (non-hydrogen) atoms. The van der Waals surface area contributed by atoms with E-state index in [1.807, 2.05) is 38.1 Å². The Kier molecular flexibility index (Phi) is 8.05. The number of ether oxygens (including phenoxy) is 2. The van der Waals surface area contributed by atoms with Crippen LogP contribution in [0.1, 0.15) is 32.3 Å². The Labute approximate surface area is 133 Å². The number of halogens is 1. The van der Waals surface area contributed by atoms with Crippen molar-refractivity contribution >= 4 is 27.9 Å². The fraction of sp³-hybridized carbons (Fsp3) is 0.500. The Morgan fingerprint density at radius 3 is 2.43 bits per heavy atom. The second kappa shape index (κ2) is 9.55. The first-order valence-electron chi connectivity index (χ1n) is 7.03. The van der Waals surface area contributed by atoms with Gasteiger partial charge in [0, 0.05) is 10.9 Å². The molecule has 1 rings (SSSR count). The number of hydrogen-bond acceptors (Lipinski definition) is 4. The molecule has 0 atom stereocenters. The summed E-state index contributed by atoms with van der Waals surface area (Å²) in [5.74, 6) is -0.426. The molecule has 5 heteroatoms. The highest BCUT2D eigenvalue weighted by atomic mass is 79.9. The quantitative estimate of drug-likeness (QED) is 0.668. The van der Waals surface area contributed by atoms with E-state index in [4.69, 9.17) is 9.47 Å². The minimum Gasteiger partial charge on any atom is -0.465 e. The summed E-state index contributed by atoms with van der Waals surface area (Å²) < 4.78 is 11.1. The number of carbonyl (C=O) groups is 2. The number of benzene rings is 1. The van der Waals surface area contributed by atoms with Crippen molar-refractivity contribution in [1.29, 1.82) is 0 Å². The number of carbonyl (C=O) groups excluding carboxylic acids is 2. The van der Waals surface area contributed by atoms with Gasteiger partial charge in [-0.3, -0.25) is 9.59 Å². The van der Waals surface area contributed by atoms with Crippen LogP contribution in [-0.2, 0) is 25.5 Å². The van der Waals surface area contributed by atoms with E-state index in [0.717, 1.165) is 10.0 Å². The molecule has 0 heterocycles. The normalized spacial score (nSPS) is 10.5. The third kappa shape index (κ3) is 8.50. The van der Waals surface area contributed by atoms with E-state index in [1.165, 1.54) is 0 Å². The smallest absolute Gasteiger partial charge is 0.306 e. The molecular formula is C16H21BrO4. The van der Waals surface area contributed by atoms with Gasteiger partial charge in [0.15, 0.2) is 0 Å². The van der Waals surface area contributed by atoms with Crippen LogP contribution in [0.3, 0.4) is 0 Å². The maximum absolute atomic E-state index is 11.5. The average molecular weight is 357 g/mol. The van der Waals surface area contributed by atoms with Crippen LogP contribution in [0, 0.1) is 5.92 Å². The van der Waals surface area contributed by atoms with Crippen molar-refractivity contribution in [2.45, 2.75) is 33.1 Å². The predicted octanol–water partition coefficient (Wildman–Crippen LogP) is 3.51. The first-order chi connectivity index (χ1) is 9.97. The molecular weight excluding hydrogens is 336 g/mol. The van der Waals surface area contributed by atoms with E-state index in [9.17, 15) is 9.59 Å². The zero-order valence-corrected chi connectivity index (χ0v) is 14.0. The van der Waals surface area contributed by atoms with E-state index in [2.05, 4.69) is 15.9 Å². The summed E-state index contributed by atoms with van der Waals surface area (Å²) in [6.45, 7) is 4.63. The molecule has 0 N–H and O–H groups in total. The van der Waals surface area contributed by atoms with E-state index in [-0.39, 0.29) is 24.8 Å². The Hall–Kier alpha value is -1.36. The molecule has 1 aromatic rings. The van der Waals surface area contributed by atoms with Crippen molar-refractivity contribution < 1.29 is 19.1 Å². The minimum atomic E-state index is -0.369. The van der Waals surface area contributed by atoms with Gasteiger partial charge in [-0.15, -0.1) is 0 Å². The predicted molar refractivity (Wildman–Crippen MR) is 83.8 cm³/mol. The van der Waals surface area contributed by atoms with Gasteiger partial charge in [-0.2, -0.15) is 0 Å². The topological polar surface area (TPSA) is 52.6 Å². The second-order valence-corrected chi connectivity index (χ2v) is 6.09. The molecule has 116 valence electrons. The highest BCUT2D eigenvalue weighted by Crippen LogP contribution is 2.12. The fourth-order valence-corrected chi connectivity index (χ4v) is 2.03. The van der Waals surface area contributed by atoms with E-state index in [0.29, 0.717) is 25.6 Å². The van der Waals surface area contributed by atoms with Crippen LogP contribution in [0.5, 0.6) is 0 Å². The molecule has 0 aromatic heterocycles. The van der Waals surface area contributed by atoms with E-state index >= 15 is 0 Å². The lowest BCUT2D eigenvalue weighted by Crippen LogP contribution is -2.13. The molecule has 0 amide bonds. The monoisotopic (exact) mass is 356 g/mol. The molecule has 0 saturated heterocycles. The van der Waals surface area contributed by atoms with E-state index < -0.39 is 0 Å². The zero-order valence-electron chi connectivity index (χ0n) is 12.4. The molecule has 4 nitrogen and oxygen atoms in total. The summed E-state index contributed by atoms with van der Waals surface area (Å²) in [5, 5.41) is 0. The molecule has 0 bridgehead atoms. The van der Waals surface area contributed by atoms with Crippen molar-refractivity contribution in [3.05, 3.63) is 34.3 Å². The van der Waals surface area contributed by atoms with Gasteiger partial charge < -0.3 is 9.47 Å². The summed E-state index contributed by atoms with van der Waals surface area (Å²) in [4.78, 5) is 22.9. The van der Waals surface area contributed by atoms with Gasteiger partial charge in [-0.05, 0) is 23.6 Å². The number of hydrogen-bond donors (Lipinski definition) is 0. The molecule has 1 aromatic carbocycles. The van der Waals surface area contributed by atoms with Gasteiger partial charge in [0.05, 0.1) is 26.1 Å². The molecule has 0 saturated carbocycles. The third-order valence-electron chi connectivity index (χ3n) is 2.65. The van der Waals surface area contributed by atoms with Crippen LogP contribution < -0.4 is 0 Å². The Morgan fingerprint density at radius 1 is 1.14 bits per heavy atom. The van der Waals surface area contributed by atoms with Gasteiger partial charge in [0.25, 0.3) is 0 Å². The van der Waals surface area contributed by atoms with Crippen LogP contribution in [0.15, 0.2) is 28.7 Å². The van der Waals surface area contributed by atoms with E-state index in [1.54, 1.807) is 0 Å². The third-order valence-corrected chi connectivity index (χ3v) is 3.15. The van der Waals surface area contributed by atoms with Gasteiger partial charge >= 0.3 is 11.9 Å². The van der Waals surface area contributed by atoms with Gasteiger partial charge in [0.1, 0.15) is 0 Å². The second-order valence-electron chi connectivity index (χ2n) is 5.18. The van der Waals surface area contributed by atoms with Crippen molar-refractivity contribution in [3.63, 3.8) is 0 Å². The largest absolute Gasteiger partial charge is 0.465 e. The Balaban J connectivity index is 2.15. The fourth-order valence-electron chi connectivity index (χ4n) is 1.58. The number of esters is 2. The van der Waals surface area contributed by atoms with Crippen LogP contribution in [0.25, 0.3) is 0 Å². The summed E-state index contributed by atoms with van der Waals surface area (Å²) in [5.41, 5.74) is 1.09. The van der Waals surface area contributed by atoms with Crippen molar-refractivity contribution in [3.8, 4) is 0 Å². The lowest BCUT2D eigenvalue weighted by molar-refractivity contribution is -0.150. The van der Waals surface area contributed by atoms with Crippen molar-refractivity contribution in [2.24, 2.45) is 5.92 Å². The summed E-state index contributed by atoms with van der Waals surface area (Å²) in [6, 6.07) is 7.84. The standard InChI is InChI=1S/C16H21BrO4/c1-12(2)11-21-16(19)7-6-15(18)20-9-8-13-4-3-5-14(17)10-13/h3-5,10,12H,6-9,11H2,1-2H3. The molecule has 0 fully saturated rings. The zero-order chi connectivity index (χ0) is 15.7. The van der Waals surface area contributed by atoms with Gasteiger partial charge in [0.2, 0.25) is 0 Å². The maximum atomic E-state index is 11.5. The Bertz CT molecular complexity index is 471. The highest BCUT2D eigenvalue weighted by molar-refractivity contribution is 9.10. The van der Waals surface area contributed by atoms with Crippen molar-refractivity contribution in [1.82, 2.24) is 0 Å². The van der Waals surface area contributed by atoms with Crippen LogP contribution in [0.4, 0.5) is 0 Å². The molecule has 0 radical (unpaired) electrons. The highest BCUT2D eigenvalue weighted by Gasteiger charge is 2.09. The van der Waals surface area contributed by atoms with Crippen molar-refractivity contribution in [2.75, 3.05) is 13.2 Å². The first kappa shape index (κ1) is 17.7.